The molecule has 0 saturated carbocycles. The Morgan fingerprint density at radius 3 is 2.55 bits per heavy atom. The van der Waals surface area contributed by atoms with Crippen LogP contribution < -0.4 is 10.2 Å². The first-order valence-corrected chi connectivity index (χ1v) is 10.7. The van der Waals surface area contributed by atoms with Crippen LogP contribution in [0.3, 0.4) is 0 Å². The van der Waals surface area contributed by atoms with Gasteiger partial charge in [0.25, 0.3) is 0 Å². The van der Waals surface area contributed by atoms with Gasteiger partial charge in [-0.05, 0) is 38.0 Å². The largest absolute Gasteiger partial charge is 0.416 e. The van der Waals surface area contributed by atoms with Crippen LogP contribution >= 0.6 is 24.0 Å². The summed E-state index contributed by atoms with van der Waals surface area (Å²) in [5.74, 6) is 0.864. The lowest BCUT2D eigenvalue weighted by molar-refractivity contribution is -0.137. The molecule has 2 saturated heterocycles. The average molecular weight is 555 g/mol. The molecule has 1 aromatic rings. The first kappa shape index (κ1) is 26.0. The van der Waals surface area contributed by atoms with Crippen LogP contribution in [0.1, 0.15) is 25.3 Å². The van der Waals surface area contributed by atoms with E-state index >= 15 is 0 Å². The van der Waals surface area contributed by atoms with Gasteiger partial charge < -0.3 is 20.2 Å². The highest BCUT2D eigenvalue weighted by Crippen LogP contribution is 2.31. The second kappa shape index (κ2) is 12.1. The first-order valence-electron chi connectivity index (χ1n) is 10.7. The molecule has 0 radical (unpaired) electrons. The maximum Gasteiger partial charge on any atom is 0.416 e. The van der Waals surface area contributed by atoms with E-state index in [-0.39, 0.29) is 30.1 Å². The van der Waals surface area contributed by atoms with Gasteiger partial charge in [0.05, 0.1) is 11.7 Å². The molecule has 0 amide bonds. The number of anilines is 1. The smallest absolute Gasteiger partial charge is 0.391 e. The molecule has 3 rings (SSSR count). The van der Waals surface area contributed by atoms with Crippen LogP contribution in [0, 0.1) is 0 Å². The Labute approximate surface area is 199 Å². The summed E-state index contributed by atoms with van der Waals surface area (Å²) in [6.45, 7) is 9.02. The molecule has 31 heavy (non-hydrogen) atoms. The molecule has 2 heterocycles. The molecule has 0 spiro atoms. The fourth-order valence-electron chi connectivity index (χ4n) is 3.95. The number of likely N-dealkylation sites (tertiary alicyclic amines) is 1. The number of hydrogen-bond donors (Lipinski definition) is 2. The number of aliphatic hydroxyl groups excluding tert-OH is 1. The van der Waals surface area contributed by atoms with Gasteiger partial charge in [-0.3, -0.25) is 9.89 Å². The standard InChI is InChI=1S/C21H32F3N5O.HI/c1-2-25-20(29-10-7-19(30)16-29)26-8-4-9-27-11-13-28(14-12-27)18-6-3-5-17(15-18)21(22,23)24;/h3,5-6,15,19,30H,2,4,7-14,16H2,1H3,(H,25,26);1H/t19-;/m1./s1. The molecule has 2 aliphatic heterocycles. The monoisotopic (exact) mass is 555 g/mol. The summed E-state index contributed by atoms with van der Waals surface area (Å²) in [7, 11) is 0. The van der Waals surface area contributed by atoms with Crippen LogP contribution in [0.5, 0.6) is 0 Å². The minimum atomic E-state index is -4.31. The summed E-state index contributed by atoms with van der Waals surface area (Å²) < 4.78 is 38.8. The van der Waals surface area contributed by atoms with E-state index in [1.807, 2.05) is 11.8 Å². The van der Waals surface area contributed by atoms with E-state index in [0.717, 1.165) is 70.7 Å². The van der Waals surface area contributed by atoms with Crippen LogP contribution in [0.25, 0.3) is 0 Å². The Morgan fingerprint density at radius 2 is 1.94 bits per heavy atom. The molecule has 10 heteroatoms. The second-order valence-electron chi connectivity index (χ2n) is 7.85. The Kier molecular flexibility index (Phi) is 10.1. The molecule has 2 N–H and O–H groups in total. The highest BCUT2D eigenvalue weighted by molar-refractivity contribution is 14.0. The van der Waals surface area contributed by atoms with E-state index in [1.54, 1.807) is 6.07 Å². The molecule has 0 unspecified atom stereocenters. The van der Waals surface area contributed by atoms with Gasteiger partial charge >= 0.3 is 6.18 Å². The van der Waals surface area contributed by atoms with Crippen LogP contribution in [-0.2, 0) is 6.18 Å². The Balaban J connectivity index is 0.00000341. The summed E-state index contributed by atoms with van der Waals surface area (Å²) >= 11 is 0. The highest BCUT2D eigenvalue weighted by Gasteiger charge is 2.31. The molecule has 1 aromatic carbocycles. The Hall–Kier alpha value is -1.27. The molecule has 0 bridgehead atoms. The van der Waals surface area contributed by atoms with E-state index in [1.165, 1.54) is 12.1 Å². The number of rotatable bonds is 6. The zero-order chi connectivity index (χ0) is 21.6. The van der Waals surface area contributed by atoms with Crippen molar-refractivity contribution in [3.63, 3.8) is 0 Å². The third-order valence-corrected chi connectivity index (χ3v) is 5.60. The van der Waals surface area contributed by atoms with Crippen molar-refractivity contribution >= 4 is 35.6 Å². The predicted octanol–water partition coefficient (Wildman–Crippen LogP) is 2.87. The van der Waals surface area contributed by atoms with Crippen molar-refractivity contribution in [2.75, 3.05) is 63.8 Å². The number of guanidine groups is 1. The fourth-order valence-corrected chi connectivity index (χ4v) is 3.95. The summed E-state index contributed by atoms with van der Waals surface area (Å²) in [6, 6.07) is 5.58. The topological polar surface area (TPSA) is 54.3 Å². The van der Waals surface area contributed by atoms with E-state index in [4.69, 9.17) is 0 Å². The van der Waals surface area contributed by atoms with Gasteiger partial charge in [0.15, 0.2) is 5.96 Å². The van der Waals surface area contributed by atoms with Crippen molar-refractivity contribution in [3.05, 3.63) is 29.8 Å². The minimum absolute atomic E-state index is 0. The number of nitrogens with zero attached hydrogens (tertiary/aromatic N) is 4. The van der Waals surface area contributed by atoms with Crippen molar-refractivity contribution in [1.82, 2.24) is 15.1 Å². The van der Waals surface area contributed by atoms with Crippen LogP contribution in [0.4, 0.5) is 18.9 Å². The molecular formula is C21H33F3IN5O. The number of alkyl halides is 3. The van der Waals surface area contributed by atoms with E-state index in [2.05, 4.69) is 20.1 Å². The molecule has 6 nitrogen and oxygen atoms in total. The highest BCUT2D eigenvalue weighted by atomic mass is 127. The number of piperazine rings is 1. The number of halogens is 4. The van der Waals surface area contributed by atoms with E-state index in [9.17, 15) is 18.3 Å². The maximum absolute atomic E-state index is 12.9. The molecule has 0 aromatic heterocycles. The van der Waals surface area contributed by atoms with Crippen LogP contribution in [0.2, 0.25) is 0 Å². The first-order chi connectivity index (χ1) is 14.4. The number of aliphatic hydroxyl groups is 1. The fraction of sp³-hybridized carbons (Fsp3) is 0.667. The molecule has 176 valence electrons. The van der Waals surface area contributed by atoms with Gasteiger partial charge in [-0.2, -0.15) is 13.2 Å². The van der Waals surface area contributed by atoms with Gasteiger partial charge in [0.1, 0.15) is 0 Å². The average Bonchev–Trinajstić information content (AvgIpc) is 3.16. The number of hydrogen-bond acceptors (Lipinski definition) is 4. The third kappa shape index (κ3) is 7.67. The van der Waals surface area contributed by atoms with Crippen molar-refractivity contribution in [2.45, 2.75) is 32.0 Å². The van der Waals surface area contributed by atoms with Crippen LogP contribution in [-0.4, -0.2) is 85.9 Å². The zero-order valence-electron chi connectivity index (χ0n) is 17.9. The maximum atomic E-state index is 12.9. The van der Waals surface area contributed by atoms with E-state index < -0.39 is 11.7 Å². The molecule has 2 fully saturated rings. The quantitative estimate of drug-likeness (QED) is 0.245. The minimum Gasteiger partial charge on any atom is -0.391 e. The zero-order valence-corrected chi connectivity index (χ0v) is 20.3. The lowest BCUT2D eigenvalue weighted by Gasteiger charge is -2.36. The van der Waals surface area contributed by atoms with Gasteiger partial charge in [-0.25, -0.2) is 0 Å². The van der Waals surface area contributed by atoms with Crippen molar-refractivity contribution in [2.24, 2.45) is 4.99 Å². The lowest BCUT2D eigenvalue weighted by Crippen LogP contribution is -2.46. The normalized spacial score (nSPS) is 20.7. The summed E-state index contributed by atoms with van der Waals surface area (Å²) in [5, 5.41) is 13.0. The number of benzene rings is 1. The number of β-amino-alcohol motifs (C(OH)–C–C–N with tert-alkyl or cyclic N) is 1. The summed E-state index contributed by atoms with van der Waals surface area (Å²) in [4.78, 5) is 11.1. The van der Waals surface area contributed by atoms with Gasteiger partial charge in [0.2, 0.25) is 0 Å². The number of aliphatic imine (C=N–C) groups is 1. The van der Waals surface area contributed by atoms with Crippen molar-refractivity contribution < 1.29 is 18.3 Å². The Bertz CT molecular complexity index is 711. The van der Waals surface area contributed by atoms with Crippen LogP contribution in [0.15, 0.2) is 29.3 Å². The van der Waals surface area contributed by atoms with Gasteiger partial charge in [0, 0.05) is 64.6 Å². The molecule has 0 aliphatic carbocycles. The van der Waals surface area contributed by atoms with Crippen molar-refractivity contribution in [1.29, 1.82) is 0 Å². The Morgan fingerprint density at radius 1 is 1.19 bits per heavy atom. The van der Waals surface area contributed by atoms with Gasteiger partial charge in [-0.1, -0.05) is 6.07 Å². The third-order valence-electron chi connectivity index (χ3n) is 5.60. The number of nitrogens with one attached hydrogen (secondary N) is 1. The predicted molar refractivity (Wildman–Crippen MR) is 128 cm³/mol. The van der Waals surface area contributed by atoms with Gasteiger partial charge in [-0.15, -0.1) is 24.0 Å². The SMILES string of the molecule is CCNC(=NCCCN1CCN(c2cccc(C(F)(F)F)c2)CC1)N1CC[C@@H](O)C1.I. The molecular weight excluding hydrogens is 522 g/mol. The second-order valence-corrected chi connectivity index (χ2v) is 7.85. The summed E-state index contributed by atoms with van der Waals surface area (Å²) in [6.07, 6.45) is -2.88. The molecule has 2 aliphatic rings. The lowest BCUT2D eigenvalue weighted by atomic mass is 10.1. The van der Waals surface area contributed by atoms with Crippen molar-refractivity contribution in [3.8, 4) is 0 Å². The molecule has 1 atom stereocenters. The summed E-state index contributed by atoms with van der Waals surface area (Å²) in [5.41, 5.74) is 0.0412. The van der Waals surface area contributed by atoms with E-state index in [0.29, 0.717) is 18.8 Å².